The monoisotopic (exact) mass is 183 g/mol. The highest BCUT2D eigenvalue weighted by molar-refractivity contribution is 6.31. The SMILES string of the molecule is CC1CC1Nc1nccnc1Cl. The van der Waals surface area contributed by atoms with E-state index in [4.69, 9.17) is 11.6 Å². The Balaban J connectivity index is 2.08. The van der Waals surface area contributed by atoms with Gasteiger partial charge in [0.25, 0.3) is 0 Å². The van der Waals surface area contributed by atoms with Gasteiger partial charge in [0.2, 0.25) is 0 Å². The molecule has 1 aliphatic carbocycles. The number of halogens is 1. The molecule has 3 nitrogen and oxygen atoms in total. The number of hydrogen-bond acceptors (Lipinski definition) is 3. The van der Waals surface area contributed by atoms with Gasteiger partial charge in [-0.15, -0.1) is 0 Å². The van der Waals surface area contributed by atoms with Crippen LogP contribution >= 0.6 is 11.6 Å². The van der Waals surface area contributed by atoms with Crippen LogP contribution in [0.1, 0.15) is 13.3 Å². The molecule has 1 aromatic heterocycles. The lowest BCUT2D eigenvalue weighted by Gasteiger charge is -2.03. The molecule has 1 heterocycles. The Bertz CT molecular complexity index is 289. The van der Waals surface area contributed by atoms with Crippen LogP contribution in [0.15, 0.2) is 12.4 Å². The van der Waals surface area contributed by atoms with Crippen LogP contribution in [0.3, 0.4) is 0 Å². The van der Waals surface area contributed by atoms with E-state index in [1.807, 2.05) is 0 Å². The molecule has 0 amide bonds. The van der Waals surface area contributed by atoms with E-state index in [9.17, 15) is 0 Å². The van der Waals surface area contributed by atoms with Crippen molar-refractivity contribution in [1.29, 1.82) is 0 Å². The summed E-state index contributed by atoms with van der Waals surface area (Å²) in [6.45, 7) is 2.20. The Morgan fingerprint density at radius 1 is 1.50 bits per heavy atom. The molecule has 0 aromatic carbocycles. The van der Waals surface area contributed by atoms with Gasteiger partial charge >= 0.3 is 0 Å². The van der Waals surface area contributed by atoms with Crippen molar-refractivity contribution in [2.45, 2.75) is 19.4 Å². The maximum absolute atomic E-state index is 5.81. The minimum absolute atomic E-state index is 0.455. The third-order valence-electron chi connectivity index (χ3n) is 2.09. The normalized spacial score (nSPS) is 26.8. The molecule has 0 radical (unpaired) electrons. The van der Waals surface area contributed by atoms with Crippen molar-refractivity contribution in [1.82, 2.24) is 9.97 Å². The summed E-state index contributed by atoms with van der Waals surface area (Å²) in [7, 11) is 0. The van der Waals surface area contributed by atoms with Gasteiger partial charge in [0.1, 0.15) is 0 Å². The molecule has 1 aromatic rings. The summed E-state index contributed by atoms with van der Waals surface area (Å²) in [5.41, 5.74) is 0. The second-order valence-electron chi connectivity index (χ2n) is 3.16. The van der Waals surface area contributed by atoms with Crippen LogP contribution in [0, 0.1) is 5.92 Å². The predicted molar refractivity (Wildman–Crippen MR) is 48.2 cm³/mol. The smallest absolute Gasteiger partial charge is 0.171 e. The molecular weight excluding hydrogens is 174 g/mol. The Hall–Kier alpha value is -0.830. The topological polar surface area (TPSA) is 37.8 Å². The van der Waals surface area contributed by atoms with Gasteiger partial charge in [0, 0.05) is 18.4 Å². The second kappa shape index (κ2) is 2.90. The first-order valence-electron chi connectivity index (χ1n) is 4.00. The summed E-state index contributed by atoms with van der Waals surface area (Å²) in [6.07, 6.45) is 4.43. The van der Waals surface area contributed by atoms with Crippen molar-refractivity contribution in [2.75, 3.05) is 5.32 Å². The zero-order valence-corrected chi connectivity index (χ0v) is 7.54. The van der Waals surface area contributed by atoms with Crippen LogP contribution in [-0.4, -0.2) is 16.0 Å². The number of anilines is 1. The van der Waals surface area contributed by atoms with Crippen molar-refractivity contribution in [2.24, 2.45) is 5.92 Å². The Kier molecular flexibility index (Phi) is 1.89. The van der Waals surface area contributed by atoms with Crippen molar-refractivity contribution < 1.29 is 0 Å². The number of nitrogens with zero attached hydrogens (tertiary/aromatic N) is 2. The predicted octanol–water partition coefficient (Wildman–Crippen LogP) is 1.95. The highest BCUT2D eigenvalue weighted by Gasteiger charge is 2.33. The van der Waals surface area contributed by atoms with Crippen molar-refractivity contribution >= 4 is 17.4 Å². The molecule has 1 aliphatic rings. The molecule has 0 spiro atoms. The lowest BCUT2D eigenvalue weighted by Crippen LogP contribution is -2.06. The van der Waals surface area contributed by atoms with Crippen molar-refractivity contribution in [3.63, 3.8) is 0 Å². The standard InChI is InChI=1S/C8H10ClN3/c1-5-4-6(5)12-8-7(9)10-2-3-11-8/h2-3,5-6H,4H2,1H3,(H,11,12). The average Bonchev–Trinajstić information content (AvgIpc) is 2.72. The fourth-order valence-electron chi connectivity index (χ4n) is 1.12. The summed E-state index contributed by atoms with van der Waals surface area (Å²) < 4.78 is 0. The van der Waals surface area contributed by atoms with Crippen LogP contribution in [0.4, 0.5) is 5.82 Å². The highest BCUT2D eigenvalue weighted by atomic mass is 35.5. The maximum Gasteiger partial charge on any atom is 0.171 e. The summed E-state index contributed by atoms with van der Waals surface area (Å²) in [5, 5.41) is 3.68. The number of hydrogen-bond donors (Lipinski definition) is 1. The van der Waals surface area contributed by atoms with E-state index in [-0.39, 0.29) is 0 Å². The first-order valence-corrected chi connectivity index (χ1v) is 4.38. The summed E-state index contributed by atoms with van der Waals surface area (Å²) in [5.74, 6) is 1.44. The maximum atomic E-state index is 5.81. The lowest BCUT2D eigenvalue weighted by molar-refractivity contribution is 0.921. The van der Waals surface area contributed by atoms with E-state index in [1.54, 1.807) is 12.4 Å². The summed E-state index contributed by atoms with van der Waals surface area (Å²) in [6, 6.07) is 0.541. The van der Waals surface area contributed by atoms with E-state index >= 15 is 0 Å². The molecule has 0 aliphatic heterocycles. The third kappa shape index (κ3) is 1.50. The fraction of sp³-hybridized carbons (Fsp3) is 0.500. The molecule has 4 heteroatoms. The van der Waals surface area contributed by atoms with Gasteiger partial charge in [-0.1, -0.05) is 18.5 Å². The molecule has 2 atom stereocenters. The minimum atomic E-state index is 0.455. The Labute approximate surface area is 76.2 Å². The Morgan fingerprint density at radius 3 is 2.75 bits per heavy atom. The quantitative estimate of drug-likeness (QED) is 0.762. The molecule has 1 fully saturated rings. The van der Waals surface area contributed by atoms with Gasteiger partial charge in [0.15, 0.2) is 11.0 Å². The highest BCUT2D eigenvalue weighted by Crippen LogP contribution is 2.33. The van der Waals surface area contributed by atoms with E-state index in [2.05, 4.69) is 22.2 Å². The van der Waals surface area contributed by atoms with Gasteiger partial charge < -0.3 is 5.32 Å². The molecule has 1 saturated carbocycles. The van der Waals surface area contributed by atoms with E-state index in [0.717, 1.165) is 5.92 Å². The number of aromatic nitrogens is 2. The van der Waals surface area contributed by atoms with E-state index in [1.165, 1.54) is 6.42 Å². The summed E-state index contributed by atoms with van der Waals surface area (Å²) in [4.78, 5) is 8.01. The number of rotatable bonds is 2. The molecule has 1 N–H and O–H groups in total. The van der Waals surface area contributed by atoms with E-state index < -0.39 is 0 Å². The second-order valence-corrected chi connectivity index (χ2v) is 3.52. The Morgan fingerprint density at radius 2 is 2.17 bits per heavy atom. The van der Waals surface area contributed by atoms with Gasteiger partial charge in [-0.2, -0.15) is 0 Å². The first-order chi connectivity index (χ1) is 5.77. The van der Waals surface area contributed by atoms with Gasteiger partial charge in [-0.05, 0) is 12.3 Å². The summed E-state index contributed by atoms with van der Waals surface area (Å²) >= 11 is 5.81. The molecule has 0 saturated heterocycles. The molecule has 2 rings (SSSR count). The molecule has 64 valence electrons. The van der Waals surface area contributed by atoms with Crippen LogP contribution in [0.25, 0.3) is 0 Å². The number of nitrogens with one attached hydrogen (secondary N) is 1. The van der Waals surface area contributed by atoms with Crippen molar-refractivity contribution in [3.05, 3.63) is 17.5 Å². The lowest BCUT2D eigenvalue weighted by atomic mass is 10.5. The molecule has 2 unspecified atom stereocenters. The zero-order chi connectivity index (χ0) is 8.55. The van der Waals surface area contributed by atoms with Crippen LogP contribution < -0.4 is 5.32 Å². The van der Waals surface area contributed by atoms with Crippen LogP contribution in [0.5, 0.6) is 0 Å². The fourth-order valence-corrected chi connectivity index (χ4v) is 1.28. The van der Waals surface area contributed by atoms with Crippen molar-refractivity contribution in [3.8, 4) is 0 Å². The molecular formula is C8H10ClN3. The molecule has 12 heavy (non-hydrogen) atoms. The van der Waals surface area contributed by atoms with Crippen LogP contribution in [0.2, 0.25) is 5.15 Å². The van der Waals surface area contributed by atoms with Crippen LogP contribution in [-0.2, 0) is 0 Å². The first kappa shape index (κ1) is 7.80. The average molecular weight is 184 g/mol. The van der Waals surface area contributed by atoms with Gasteiger partial charge in [0.05, 0.1) is 0 Å². The zero-order valence-electron chi connectivity index (χ0n) is 6.79. The minimum Gasteiger partial charge on any atom is -0.365 e. The largest absolute Gasteiger partial charge is 0.365 e. The van der Waals surface area contributed by atoms with Gasteiger partial charge in [-0.3, -0.25) is 0 Å². The third-order valence-corrected chi connectivity index (χ3v) is 2.36. The molecule has 0 bridgehead atoms. The van der Waals surface area contributed by atoms with Gasteiger partial charge in [-0.25, -0.2) is 9.97 Å². The van der Waals surface area contributed by atoms with E-state index in [0.29, 0.717) is 17.0 Å².